The first-order valence-corrected chi connectivity index (χ1v) is 11.3. The average molecular weight is 428 g/mol. The summed E-state index contributed by atoms with van der Waals surface area (Å²) in [7, 11) is -3.33. The fraction of sp³-hybridized carbons (Fsp3) is 0.105. The van der Waals surface area contributed by atoms with Crippen molar-refractivity contribution in [3.63, 3.8) is 0 Å². The second-order valence-electron chi connectivity index (χ2n) is 6.37. The van der Waals surface area contributed by atoms with E-state index in [1.807, 2.05) is 6.07 Å². The molecule has 0 aliphatic carbocycles. The molecule has 148 valence electrons. The molecule has 0 fully saturated rings. The standard InChI is InChI=1S/C19H16N4O4S2/c1-29(26,27)13-7-8-14-16(11-13)28-19(20-14)21-18(25)15-9-10-17(24)23(22-15)12-5-3-2-4-6-12/h2-9,11,22H,10H2,1H3,(H,20,21,25). The summed E-state index contributed by atoms with van der Waals surface area (Å²) < 4.78 is 24.1. The van der Waals surface area contributed by atoms with Crippen molar-refractivity contribution in [1.29, 1.82) is 0 Å². The van der Waals surface area contributed by atoms with Gasteiger partial charge in [-0.2, -0.15) is 0 Å². The van der Waals surface area contributed by atoms with Crippen molar-refractivity contribution in [1.82, 2.24) is 10.4 Å². The Balaban J connectivity index is 1.54. The predicted octanol–water partition coefficient (Wildman–Crippen LogP) is 2.46. The SMILES string of the molecule is CS(=O)(=O)c1ccc2nc(NC(=O)C3=CCC(=O)N(c4ccccc4)N3)sc2c1. The highest BCUT2D eigenvalue weighted by molar-refractivity contribution is 7.90. The Labute approximate surface area is 170 Å². The number of anilines is 2. The summed E-state index contributed by atoms with van der Waals surface area (Å²) in [5.41, 5.74) is 4.28. The molecule has 0 radical (unpaired) electrons. The number of amides is 2. The number of para-hydroxylation sites is 1. The lowest BCUT2D eigenvalue weighted by atomic mass is 10.2. The smallest absolute Gasteiger partial charge is 0.275 e. The van der Waals surface area contributed by atoms with Crippen molar-refractivity contribution in [3.05, 3.63) is 60.3 Å². The zero-order chi connectivity index (χ0) is 20.6. The van der Waals surface area contributed by atoms with E-state index in [9.17, 15) is 18.0 Å². The number of nitrogens with one attached hydrogen (secondary N) is 2. The first kappa shape index (κ1) is 19.1. The molecule has 4 rings (SSSR count). The van der Waals surface area contributed by atoms with Crippen LogP contribution in [0, 0.1) is 0 Å². The van der Waals surface area contributed by atoms with Gasteiger partial charge in [0.1, 0.15) is 5.70 Å². The van der Waals surface area contributed by atoms with E-state index >= 15 is 0 Å². The lowest BCUT2D eigenvalue weighted by Crippen LogP contribution is -2.47. The van der Waals surface area contributed by atoms with Crippen LogP contribution in [0.15, 0.2) is 65.2 Å². The lowest BCUT2D eigenvalue weighted by Gasteiger charge is -2.28. The zero-order valence-corrected chi connectivity index (χ0v) is 16.9. The van der Waals surface area contributed by atoms with Gasteiger partial charge >= 0.3 is 0 Å². The van der Waals surface area contributed by atoms with E-state index in [0.717, 1.165) is 6.26 Å². The number of benzene rings is 2. The first-order valence-electron chi connectivity index (χ1n) is 8.58. The Morgan fingerprint density at radius 3 is 2.69 bits per heavy atom. The Hall–Kier alpha value is -3.24. The van der Waals surface area contributed by atoms with E-state index in [2.05, 4.69) is 15.7 Å². The van der Waals surface area contributed by atoms with Gasteiger partial charge in [-0.05, 0) is 36.4 Å². The molecule has 0 saturated heterocycles. The minimum absolute atomic E-state index is 0.0855. The van der Waals surface area contributed by atoms with E-state index in [4.69, 9.17) is 0 Å². The van der Waals surface area contributed by atoms with Crippen LogP contribution in [0.25, 0.3) is 10.2 Å². The third-order valence-corrected chi connectivity index (χ3v) is 6.27. The van der Waals surface area contributed by atoms with Crippen molar-refractivity contribution >= 4 is 54.0 Å². The van der Waals surface area contributed by atoms with Crippen molar-refractivity contribution in [2.75, 3.05) is 16.6 Å². The molecular formula is C19H16N4O4S2. The summed E-state index contributed by atoms with van der Waals surface area (Å²) in [6.45, 7) is 0. The molecule has 3 aromatic rings. The van der Waals surface area contributed by atoms with Gasteiger partial charge in [0, 0.05) is 12.7 Å². The number of rotatable bonds is 4. The molecule has 0 bridgehead atoms. The van der Waals surface area contributed by atoms with Crippen LogP contribution in [-0.4, -0.2) is 31.5 Å². The fourth-order valence-electron chi connectivity index (χ4n) is 2.79. The van der Waals surface area contributed by atoms with E-state index in [1.54, 1.807) is 30.3 Å². The van der Waals surface area contributed by atoms with Crippen LogP contribution in [0.5, 0.6) is 0 Å². The van der Waals surface area contributed by atoms with Crippen LogP contribution < -0.4 is 15.8 Å². The molecule has 2 aromatic carbocycles. The Kier molecular flexibility index (Phi) is 4.81. The van der Waals surface area contributed by atoms with Gasteiger partial charge in [0.2, 0.25) is 5.91 Å². The zero-order valence-electron chi connectivity index (χ0n) is 15.2. The highest BCUT2D eigenvalue weighted by atomic mass is 32.2. The highest BCUT2D eigenvalue weighted by Crippen LogP contribution is 2.28. The van der Waals surface area contributed by atoms with Crippen LogP contribution in [0.2, 0.25) is 0 Å². The summed E-state index contributed by atoms with van der Waals surface area (Å²) in [4.78, 5) is 29.3. The Morgan fingerprint density at radius 1 is 1.21 bits per heavy atom. The van der Waals surface area contributed by atoms with Gasteiger partial charge in [-0.1, -0.05) is 29.5 Å². The molecule has 0 spiro atoms. The number of nitrogens with zero attached hydrogens (tertiary/aromatic N) is 2. The molecule has 1 aromatic heterocycles. The van der Waals surface area contributed by atoms with Gasteiger partial charge in [-0.3, -0.25) is 20.3 Å². The number of thiazole rings is 1. The van der Waals surface area contributed by atoms with Gasteiger partial charge in [0.15, 0.2) is 15.0 Å². The number of carbonyl (C=O) groups excluding carboxylic acids is 2. The summed E-state index contributed by atoms with van der Waals surface area (Å²) >= 11 is 1.17. The van der Waals surface area contributed by atoms with Crippen LogP contribution in [0.1, 0.15) is 6.42 Å². The van der Waals surface area contributed by atoms with Crippen LogP contribution in [0.3, 0.4) is 0 Å². The molecule has 1 aliphatic rings. The normalized spacial score (nSPS) is 14.4. The van der Waals surface area contributed by atoms with Crippen molar-refractivity contribution < 1.29 is 18.0 Å². The molecule has 29 heavy (non-hydrogen) atoms. The van der Waals surface area contributed by atoms with Crippen LogP contribution in [0.4, 0.5) is 10.8 Å². The van der Waals surface area contributed by atoms with Gasteiger partial charge in [-0.25, -0.2) is 18.4 Å². The maximum atomic E-state index is 12.6. The minimum Gasteiger partial charge on any atom is -0.296 e. The number of sulfone groups is 1. The fourth-order valence-corrected chi connectivity index (χ4v) is 4.41. The number of hydrogen-bond donors (Lipinski definition) is 2. The number of hydrogen-bond acceptors (Lipinski definition) is 7. The summed E-state index contributed by atoms with van der Waals surface area (Å²) in [6, 6.07) is 13.6. The third kappa shape index (κ3) is 3.98. The quantitative estimate of drug-likeness (QED) is 0.661. The maximum absolute atomic E-state index is 12.6. The number of fused-ring (bicyclic) bond motifs is 1. The average Bonchev–Trinajstić information content (AvgIpc) is 3.09. The molecule has 8 nitrogen and oxygen atoms in total. The van der Waals surface area contributed by atoms with Gasteiger partial charge in [0.25, 0.3) is 5.91 Å². The number of aromatic nitrogens is 1. The predicted molar refractivity (Wildman–Crippen MR) is 111 cm³/mol. The Bertz CT molecular complexity index is 1250. The maximum Gasteiger partial charge on any atom is 0.275 e. The van der Waals surface area contributed by atoms with Crippen molar-refractivity contribution in [2.24, 2.45) is 0 Å². The lowest BCUT2D eigenvalue weighted by molar-refractivity contribution is -0.119. The minimum atomic E-state index is -3.33. The highest BCUT2D eigenvalue weighted by Gasteiger charge is 2.24. The monoisotopic (exact) mass is 428 g/mol. The molecule has 2 N–H and O–H groups in total. The summed E-state index contributed by atoms with van der Waals surface area (Å²) in [5.74, 6) is -0.623. The number of hydrazine groups is 1. The molecule has 2 amide bonds. The molecule has 2 heterocycles. The largest absolute Gasteiger partial charge is 0.296 e. The van der Waals surface area contributed by atoms with Gasteiger partial charge < -0.3 is 0 Å². The molecule has 10 heteroatoms. The van der Waals surface area contributed by atoms with E-state index in [-0.39, 0.29) is 22.9 Å². The molecule has 0 unspecified atom stereocenters. The summed E-state index contributed by atoms with van der Waals surface area (Å²) in [6.07, 6.45) is 2.74. The first-order chi connectivity index (χ1) is 13.8. The molecular weight excluding hydrogens is 412 g/mol. The second-order valence-corrected chi connectivity index (χ2v) is 9.42. The van der Waals surface area contributed by atoms with Crippen LogP contribution >= 0.6 is 11.3 Å². The van der Waals surface area contributed by atoms with Crippen molar-refractivity contribution in [3.8, 4) is 0 Å². The van der Waals surface area contributed by atoms with Crippen molar-refractivity contribution in [2.45, 2.75) is 11.3 Å². The second kappa shape index (κ2) is 7.30. The molecule has 0 saturated carbocycles. The molecule has 1 aliphatic heterocycles. The van der Waals surface area contributed by atoms with Gasteiger partial charge in [0.05, 0.1) is 20.8 Å². The Morgan fingerprint density at radius 2 is 1.97 bits per heavy atom. The van der Waals surface area contributed by atoms with E-state index < -0.39 is 15.7 Å². The summed E-state index contributed by atoms with van der Waals surface area (Å²) in [5, 5.41) is 4.36. The van der Waals surface area contributed by atoms with E-state index in [1.165, 1.54) is 34.6 Å². The third-order valence-electron chi connectivity index (χ3n) is 4.23. The van der Waals surface area contributed by atoms with Gasteiger partial charge in [-0.15, -0.1) is 0 Å². The van der Waals surface area contributed by atoms with Crippen LogP contribution in [-0.2, 0) is 19.4 Å². The number of carbonyl (C=O) groups is 2. The van der Waals surface area contributed by atoms with E-state index in [0.29, 0.717) is 21.0 Å². The molecule has 0 atom stereocenters. The topological polar surface area (TPSA) is 108 Å².